The van der Waals surface area contributed by atoms with Crippen LogP contribution in [-0.4, -0.2) is 33.5 Å². The molecule has 1 atom stereocenters. The van der Waals surface area contributed by atoms with Gasteiger partial charge in [0.2, 0.25) is 18.5 Å². The quantitative estimate of drug-likeness (QED) is 0.598. The van der Waals surface area contributed by atoms with E-state index < -0.39 is 29.3 Å². The van der Waals surface area contributed by atoms with Gasteiger partial charge in [-0.25, -0.2) is 4.68 Å². The van der Waals surface area contributed by atoms with Crippen LogP contribution in [0.25, 0.3) is 0 Å². The van der Waals surface area contributed by atoms with Crippen LogP contribution in [0.4, 0.5) is 19.1 Å². The fraction of sp³-hybridized carbons (Fsp3) is 0.250. The molecular formula is C20H15F3N4O3S. The molecule has 4 heterocycles. The van der Waals surface area contributed by atoms with Gasteiger partial charge in [-0.05, 0) is 36.2 Å². The number of aromatic nitrogens is 3. The van der Waals surface area contributed by atoms with Crippen LogP contribution in [0, 0.1) is 0 Å². The number of Topliss-reactive ketones (excluding diaryl/α,β-unsaturated/α-hetero) is 1. The molecule has 1 N–H and O–H groups in total. The Balaban J connectivity index is 1.72. The van der Waals surface area contributed by atoms with Crippen molar-refractivity contribution in [2.75, 3.05) is 12.1 Å². The number of ketones is 1. The Labute approximate surface area is 178 Å². The number of fused-ring (bicyclic) bond motifs is 2. The molecule has 2 aromatic heterocycles. The van der Waals surface area contributed by atoms with E-state index in [2.05, 4.69) is 15.4 Å². The molecule has 2 aliphatic rings. The number of hydrogen-bond acceptors (Lipinski definition) is 7. The Hall–Kier alpha value is -3.34. The highest BCUT2D eigenvalue weighted by atomic mass is 32.1. The maximum absolute atomic E-state index is 14.1. The van der Waals surface area contributed by atoms with Crippen molar-refractivity contribution < 1.29 is 27.4 Å². The Morgan fingerprint density at radius 3 is 2.81 bits per heavy atom. The molecular weight excluding hydrogens is 433 g/mol. The lowest BCUT2D eigenvalue weighted by atomic mass is 9.91. The summed E-state index contributed by atoms with van der Waals surface area (Å²) in [6.45, 7) is 1.93. The van der Waals surface area contributed by atoms with Gasteiger partial charge in [0.05, 0.1) is 10.5 Å². The van der Waals surface area contributed by atoms with E-state index in [4.69, 9.17) is 9.47 Å². The smallest absolute Gasteiger partial charge is 0.431 e. The number of benzene rings is 1. The van der Waals surface area contributed by atoms with Crippen LogP contribution in [0.2, 0.25) is 0 Å². The van der Waals surface area contributed by atoms with Gasteiger partial charge < -0.3 is 14.8 Å². The summed E-state index contributed by atoms with van der Waals surface area (Å²) < 4.78 is 54.2. The summed E-state index contributed by atoms with van der Waals surface area (Å²) in [5.74, 6) is 0.0537. The van der Waals surface area contributed by atoms with Gasteiger partial charge in [0, 0.05) is 4.88 Å². The molecule has 0 spiro atoms. The molecule has 0 saturated carbocycles. The number of carbonyl (C=O) groups excluding carboxylic acids is 1. The first-order valence-electron chi connectivity index (χ1n) is 9.37. The normalized spacial score (nSPS) is 17.5. The second-order valence-corrected chi connectivity index (χ2v) is 8.07. The van der Waals surface area contributed by atoms with E-state index in [-0.39, 0.29) is 17.6 Å². The van der Waals surface area contributed by atoms with Gasteiger partial charge in [-0.2, -0.15) is 23.3 Å². The summed E-state index contributed by atoms with van der Waals surface area (Å²) in [6.07, 6.45) is -2.98. The predicted molar refractivity (Wildman–Crippen MR) is 105 cm³/mol. The van der Waals surface area contributed by atoms with Crippen molar-refractivity contribution in [1.29, 1.82) is 0 Å². The fourth-order valence-corrected chi connectivity index (χ4v) is 4.54. The zero-order chi connectivity index (χ0) is 21.8. The van der Waals surface area contributed by atoms with E-state index in [1.807, 2.05) is 6.92 Å². The summed E-state index contributed by atoms with van der Waals surface area (Å²) in [5.41, 5.74) is -1.20. The molecule has 0 fully saturated rings. The number of rotatable bonds is 4. The minimum Gasteiger partial charge on any atom is -0.454 e. The standard InChI is InChI=1S/C20H15F3N4O3S/c1-2-11-4-6-14(31-11)17(28)15-16(10-3-5-12-13(7-10)30-9-29-12)27-19(24-8-25-27)26-18(15)20(21,22)23/h3-8,16H,2,9H2,1H3,(H,24,25,26). The highest BCUT2D eigenvalue weighted by Gasteiger charge is 2.46. The lowest BCUT2D eigenvalue weighted by molar-refractivity contribution is -0.0918. The molecule has 0 bridgehead atoms. The van der Waals surface area contributed by atoms with E-state index in [1.165, 1.54) is 16.0 Å². The number of nitrogens with zero attached hydrogens (tertiary/aromatic N) is 3. The molecule has 31 heavy (non-hydrogen) atoms. The monoisotopic (exact) mass is 448 g/mol. The van der Waals surface area contributed by atoms with Gasteiger partial charge in [-0.1, -0.05) is 13.0 Å². The Morgan fingerprint density at radius 2 is 2.06 bits per heavy atom. The summed E-state index contributed by atoms with van der Waals surface area (Å²) >= 11 is 1.18. The molecule has 5 rings (SSSR count). The van der Waals surface area contributed by atoms with Crippen molar-refractivity contribution in [3.8, 4) is 11.5 Å². The number of thiophene rings is 1. The number of hydrogen-bond donors (Lipinski definition) is 1. The van der Waals surface area contributed by atoms with Gasteiger partial charge in [-0.15, -0.1) is 11.3 Å². The van der Waals surface area contributed by atoms with Crippen molar-refractivity contribution in [3.05, 3.63) is 63.2 Å². The van der Waals surface area contributed by atoms with Crippen molar-refractivity contribution >= 4 is 23.1 Å². The first-order chi connectivity index (χ1) is 14.9. The summed E-state index contributed by atoms with van der Waals surface area (Å²) in [7, 11) is 0. The topological polar surface area (TPSA) is 78.3 Å². The first kappa shape index (κ1) is 19.6. The number of nitrogens with one attached hydrogen (secondary N) is 1. The minimum atomic E-state index is -4.80. The van der Waals surface area contributed by atoms with E-state index in [0.29, 0.717) is 23.5 Å². The second-order valence-electron chi connectivity index (χ2n) is 6.90. The van der Waals surface area contributed by atoms with Crippen LogP contribution in [-0.2, 0) is 6.42 Å². The van der Waals surface area contributed by atoms with E-state index in [0.717, 1.165) is 11.2 Å². The lowest BCUT2D eigenvalue weighted by Gasteiger charge is -2.30. The third-order valence-corrected chi connectivity index (χ3v) is 6.30. The molecule has 0 saturated heterocycles. The molecule has 1 unspecified atom stereocenters. The zero-order valence-electron chi connectivity index (χ0n) is 16.1. The SMILES string of the molecule is CCc1ccc(C(=O)C2=C(C(F)(F)F)Nc3ncnn3C2c2ccc3c(c2)OCO3)s1. The van der Waals surface area contributed by atoms with Crippen molar-refractivity contribution in [3.63, 3.8) is 0 Å². The third-order valence-electron chi connectivity index (χ3n) is 5.07. The van der Waals surface area contributed by atoms with Crippen LogP contribution >= 0.6 is 11.3 Å². The lowest BCUT2D eigenvalue weighted by Crippen LogP contribution is -2.35. The van der Waals surface area contributed by atoms with E-state index in [1.54, 1.807) is 30.3 Å². The number of alkyl halides is 3. The molecule has 11 heteroatoms. The first-order valence-corrected chi connectivity index (χ1v) is 10.2. The number of halogens is 3. The van der Waals surface area contributed by atoms with Crippen LogP contribution in [0.3, 0.4) is 0 Å². The predicted octanol–water partition coefficient (Wildman–Crippen LogP) is 4.34. The number of allylic oxidation sites excluding steroid dienone is 2. The molecule has 0 radical (unpaired) electrons. The summed E-state index contributed by atoms with van der Waals surface area (Å²) in [6, 6.07) is 6.92. The van der Waals surface area contributed by atoms with Crippen molar-refractivity contribution in [2.24, 2.45) is 0 Å². The van der Waals surface area contributed by atoms with Crippen LogP contribution < -0.4 is 14.8 Å². The number of aryl methyl sites for hydroxylation is 1. The Morgan fingerprint density at radius 1 is 1.26 bits per heavy atom. The number of carbonyl (C=O) groups is 1. The third kappa shape index (κ3) is 3.25. The molecule has 3 aromatic rings. The van der Waals surface area contributed by atoms with Crippen LogP contribution in [0.15, 0.2) is 47.9 Å². The maximum atomic E-state index is 14.1. The maximum Gasteiger partial charge on any atom is 0.431 e. The van der Waals surface area contributed by atoms with E-state index in [9.17, 15) is 18.0 Å². The summed E-state index contributed by atoms with van der Waals surface area (Å²) in [4.78, 5) is 18.5. The van der Waals surface area contributed by atoms with Gasteiger partial charge in [0.15, 0.2) is 11.5 Å². The molecule has 160 valence electrons. The largest absolute Gasteiger partial charge is 0.454 e. The van der Waals surface area contributed by atoms with Crippen molar-refractivity contribution in [2.45, 2.75) is 25.6 Å². The molecule has 2 aliphatic heterocycles. The van der Waals surface area contributed by atoms with Crippen molar-refractivity contribution in [1.82, 2.24) is 14.8 Å². The highest BCUT2D eigenvalue weighted by molar-refractivity contribution is 7.14. The number of anilines is 1. The Bertz CT molecular complexity index is 1210. The molecule has 7 nitrogen and oxygen atoms in total. The molecule has 0 amide bonds. The zero-order valence-corrected chi connectivity index (χ0v) is 16.9. The minimum absolute atomic E-state index is 0.0179. The average Bonchev–Trinajstić information content (AvgIpc) is 3.50. The van der Waals surface area contributed by atoms with Crippen LogP contribution in [0.5, 0.6) is 11.5 Å². The van der Waals surface area contributed by atoms with E-state index >= 15 is 0 Å². The van der Waals surface area contributed by atoms with Gasteiger partial charge in [0.1, 0.15) is 18.1 Å². The molecule has 0 aliphatic carbocycles. The fourth-order valence-electron chi connectivity index (χ4n) is 3.64. The van der Waals surface area contributed by atoms with Gasteiger partial charge in [-0.3, -0.25) is 4.79 Å². The number of ether oxygens (including phenoxy) is 2. The van der Waals surface area contributed by atoms with Crippen LogP contribution in [0.1, 0.15) is 33.1 Å². The van der Waals surface area contributed by atoms with Gasteiger partial charge >= 0.3 is 6.18 Å². The van der Waals surface area contributed by atoms with Gasteiger partial charge in [0.25, 0.3) is 0 Å². The Kier molecular flexibility index (Phi) is 4.50. The highest BCUT2D eigenvalue weighted by Crippen LogP contribution is 2.44. The molecule has 1 aromatic carbocycles. The average molecular weight is 448 g/mol. The second kappa shape index (κ2) is 7.12. The summed E-state index contributed by atoms with van der Waals surface area (Å²) in [5, 5.41) is 6.36.